The zero-order valence-corrected chi connectivity index (χ0v) is 16.6. The summed E-state index contributed by atoms with van der Waals surface area (Å²) in [5, 5.41) is 0.556. The molecule has 0 radical (unpaired) electrons. The first-order chi connectivity index (χ1) is 12.9. The van der Waals surface area contributed by atoms with Gasteiger partial charge in [0.15, 0.2) is 0 Å². The zero-order chi connectivity index (χ0) is 19.6. The third kappa shape index (κ3) is 4.27. The Kier molecular flexibility index (Phi) is 5.75. The number of benzene rings is 1. The van der Waals surface area contributed by atoms with Gasteiger partial charge < -0.3 is 9.80 Å². The number of hydrogen-bond donors (Lipinski definition) is 0. The lowest BCUT2D eigenvalue weighted by Gasteiger charge is -2.23. The molecule has 2 amide bonds. The Morgan fingerprint density at radius 3 is 2.07 bits per heavy atom. The molecule has 1 aromatic heterocycles. The zero-order valence-electron chi connectivity index (χ0n) is 15.8. The van der Waals surface area contributed by atoms with Crippen molar-refractivity contribution in [2.45, 2.75) is 27.2 Å². The summed E-state index contributed by atoms with van der Waals surface area (Å²) in [6.07, 6.45) is 2.19. The van der Waals surface area contributed by atoms with Gasteiger partial charge in [-0.25, -0.2) is 9.97 Å². The van der Waals surface area contributed by atoms with Crippen molar-refractivity contribution in [2.24, 2.45) is 0 Å². The maximum absolute atomic E-state index is 13.0. The molecule has 0 atom stereocenters. The van der Waals surface area contributed by atoms with Crippen LogP contribution in [-0.2, 0) is 0 Å². The highest BCUT2D eigenvalue weighted by molar-refractivity contribution is 6.31. The number of halogens is 1. The molecule has 1 aromatic carbocycles. The summed E-state index contributed by atoms with van der Waals surface area (Å²) in [6, 6.07) is 5.36. The molecule has 0 bridgehead atoms. The van der Waals surface area contributed by atoms with E-state index in [2.05, 4.69) is 9.97 Å². The highest BCUT2D eigenvalue weighted by Crippen LogP contribution is 2.18. The molecule has 0 unspecified atom stereocenters. The molecule has 27 heavy (non-hydrogen) atoms. The van der Waals surface area contributed by atoms with Crippen LogP contribution < -0.4 is 0 Å². The van der Waals surface area contributed by atoms with Crippen LogP contribution in [0.15, 0.2) is 24.5 Å². The molecular formula is C20H23ClN4O2. The van der Waals surface area contributed by atoms with Crippen LogP contribution >= 0.6 is 11.6 Å². The minimum absolute atomic E-state index is 0.0506. The van der Waals surface area contributed by atoms with Crippen molar-refractivity contribution in [3.8, 4) is 0 Å². The summed E-state index contributed by atoms with van der Waals surface area (Å²) in [5.41, 5.74) is 3.45. The van der Waals surface area contributed by atoms with E-state index >= 15 is 0 Å². The second-order valence-corrected chi connectivity index (χ2v) is 7.31. The van der Waals surface area contributed by atoms with Gasteiger partial charge >= 0.3 is 0 Å². The number of rotatable bonds is 2. The fraction of sp³-hybridized carbons (Fsp3) is 0.400. The van der Waals surface area contributed by atoms with Gasteiger partial charge in [-0.2, -0.15) is 0 Å². The number of amides is 2. The quantitative estimate of drug-likeness (QED) is 0.795. The average Bonchev–Trinajstić information content (AvgIpc) is 2.86. The van der Waals surface area contributed by atoms with Crippen LogP contribution in [0.4, 0.5) is 0 Å². The Balaban J connectivity index is 1.73. The van der Waals surface area contributed by atoms with E-state index in [-0.39, 0.29) is 11.8 Å². The minimum Gasteiger partial charge on any atom is -0.337 e. The van der Waals surface area contributed by atoms with Gasteiger partial charge in [0, 0.05) is 36.8 Å². The molecule has 2 aromatic rings. The monoisotopic (exact) mass is 386 g/mol. The maximum Gasteiger partial charge on any atom is 0.257 e. The Bertz CT molecular complexity index is 844. The number of carbonyl (C=O) groups excluding carboxylic acids is 2. The summed E-state index contributed by atoms with van der Waals surface area (Å²) >= 11 is 6.09. The normalized spacial score (nSPS) is 14.8. The lowest BCUT2D eigenvalue weighted by Crippen LogP contribution is -2.38. The lowest BCUT2D eigenvalue weighted by atomic mass is 10.1. The van der Waals surface area contributed by atoms with Gasteiger partial charge in [-0.15, -0.1) is 0 Å². The second-order valence-electron chi connectivity index (χ2n) is 6.87. The maximum atomic E-state index is 13.0. The van der Waals surface area contributed by atoms with Gasteiger partial charge in [0.05, 0.1) is 17.0 Å². The standard InChI is InChI=1S/C20H23ClN4O2/c1-13-9-16(11-17(21)10-13)19(26)24-5-4-6-25(8-7-24)20(27)18-14(2)22-12-23-15(18)3/h9-12H,4-8H2,1-3H3. The molecule has 2 heterocycles. The van der Waals surface area contributed by atoms with Gasteiger partial charge in [0.2, 0.25) is 0 Å². The lowest BCUT2D eigenvalue weighted by molar-refractivity contribution is 0.0717. The van der Waals surface area contributed by atoms with Crippen LogP contribution in [0.2, 0.25) is 5.02 Å². The van der Waals surface area contributed by atoms with E-state index in [1.54, 1.807) is 15.9 Å². The molecule has 1 aliphatic heterocycles. The van der Waals surface area contributed by atoms with Crippen LogP contribution in [0.25, 0.3) is 0 Å². The van der Waals surface area contributed by atoms with Gasteiger partial charge in [-0.3, -0.25) is 9.59 Å². The molecule has 1 fully saturated rings. The van der Waals surface area contributed by atoms with Crippen molar-refractivity contribution >= 4 is 23.4 Å². The summed E-state index contributed by atoms with van der Waals surface area (Å²) in [4.78, 5) is 37.7. The summed E-state index contributed by atoms with van der Waals surface area (Å²) < 4.78 is 0. The third-order valence-electron chi connectivity index (χ3n) is 4.80. The summed E-state index contributed by atoms with van der Waals surface area (Å²) in [7, 11) is 0. The van der Waals surface area contributed by atoms with E-state index in [0.717, 1.165) is 12.0 Å². The number of aromatic nitrogens is 2. The van der Waals surface area contributed by atoms with E-state index in [4.69, 9.17) is 11.6 Å². The number of carbonyl (C=O) groups is 2. The first kappa shape index (κ1) is 19.3. The van der Waals surface area contributed by atoms with Crippen molar-refractivity contribution in [3.63, 3.8) is 0 Å². The molecule has 1 aliphatic rings. The van der Waals surface area contributed by atoms with Gasteiger partial charge in [0.25, 0.3) is 11.8 Å². The van der Waals surface area contributed by atoms with Crippen LogP contribution in [0, 0.1) is 20.8 Å². The number of nitrogens with zero attached hydrogens (tertiary/aromatic N) is 4. The smallest absolute Gasteiger partial charge is 0.257 e. The van der Waals surface area contributed by atoms with Crippen LogP contribution in [0.3, 0.4) is 0 Å². The third-order valence-corrected chi connectivity index (χ3v) is 5.02. The minimum atomic E-state index is -0.0708. The Morgan fingerprint density at radius 1 is 0.889 bits per heavy atom. The van der Waals surface area contributed by atoms with Gasteiger partial charge in [-0.05, 0) is 51.0 Å². The predicted molar refractivity (Wildman–Crippen MR) is 104 cm³/mol. The fourth-order valence-corrected chi connectivity index (χ4v) is 3.72. The van der Waals surface area contributed by atoms with E-state index in [0.29, 0.717) is 53.7 Å². The van der Waals surface area contributed by atoms with Crippen LogP contribution in [-0.4, -0.2) is 57.8 Å². The molecule has 0 spiro atoms. The summed E-state index contributed by atoms with van der Waals surface area (Å²) in [5.74, 6) is -0.121. The van der Waals surface area contributed by atoms with Crippen molar-refractivity contribution in [1.29, 1.82) is 0 Å². The molecule has 0 N–H and O–H groups in total. The fourth-order valence-electron chi connectivity index (χ4n) is 3.43. The molecule has 142 valence electrons. The highest BCUT2D eigenvalue weighted by Gasteiger charge is 2.26. The molecule has 0 saturated carbocycles. The van der Waals surface area contributed by atoms with Crippen molar-refractivity contribution in [2.75, 3.05) is 26.2 Å². The van der Waals surface area contributed by atoms with E-state index < -0.39 is 0 Å². The SMILES string of the molecule is Cc1cc(Cl)cc(C(=O)N2CCCN(C(=O)c3c(C)ncnc3C)CC2)c1. The summed E-state index contributed by atoms with van der Waals surface area (Å²) in [6.45, 7) is 7.73. The largest absolute Gasteiger partial charge is 0.337 e. The highest BCUT2D eigenvalue weighted by atomic mass is 35.5. The molecule has 3 rings (SSSR count). The van der Waals surface area contributed by atoms with Crippen LogP contribution in [0.5, 0.6) is 0 Å². The molecule has 6 nitrogen and oxygen atoms in total. The Labute approximate surface area is 164 Å². The first-order valence-electron chi connectivity index (χ1n) is 9.01. The number of hydrogen-bond acceptors (Lipinski definition) is 4. The van der Waals surface area contributed by atoms with Crippen LogP contribution in [0.1, 0.15) is 44.1 Å². The molecule has 0 aliphatic carbocycles. The second kappa shape index (κ2) is 8.05. The van der Waals surface area contributed by atoms with E-state index in [1.807, 2.05) is 32.9 Å². The Morgan fingerprint density at radius 2 is 1.48 bits per heavy atom. The molecular weight excluding hydrogens is 364 g/mol. The predicted octanol–water partition coefficient (Wildman–Crippen LogP) is 3.04. The molecule has 7 heteroatoms. The van der Waals surface area contributed by atoms with Crippen molar-refractivity contribution < 1.29 is 9.59 Å². The number of aryl methyl sites for hydroxylation is 3. The first-order valence-corrected chi connectivity index (χ1v) is 9.38. The van der Waals surface area contributed by atoms with Gasteiger partial charge in [0.1, 0.15) is 6.33 Å². The van der Waals surface area contributed by atoms with E-state index in [1.165, 1.54) is 6.33 Å². The Hall–Kier alpha value is -2.47. The van der Waals surface area contributed by atoms with E-state index in [9.17, 15) is 9.59 Å². The van der Waals surface area contributed by atoms with Crippen molar-refractivity contribution in [3.05, 3.63) is 57.6 Å². The average molecular weight is 387 g/mol. The topological polar surface area (TPSA) is 66.4 Å². The van der Waals surface area contributed by atoms with Gasteiger partial charge in [-0.1, -0.05) is 11.6 Å². The van der Waals surface area contributed by atoms with Crippen molar-refractivity contribution in [1.82, 2.24) is 19.8 Å². The molecule has 1 saturated heterocycles.